The summed E-state index contributed by atoms with van der Waals surface area (Å²) >= 11 is 1.69. The van der Waals surface area contributed by atoms with E-state index in [9.17, 15) is 4.79 Å². The van der Waals surface area contributed by atoms with Crippen molar-refractivity contribution in [2.24, 2.45) is 5.73 Å². The van der Waals surface area contributed by atoms with E-state index in [0.717, 1.165) is 59.5 Å². The zero-order chi connectivity index (χ0) is 17.4. The van der Waals surface area contributed by atoms with E-state index in [4.69, 9.17) is 10.7 Å². The molecule has 0 unspecified atom stereocenters. The molecule has 128 valence electrons. The predicted molar refractivity (Wildman–Crippen MR) is 97.2 cm³/mol. The Morgan fingerprint density at radius 1 is 1.32 bits per heavy atom. The summed E-state index contributed by atoms with van der Waals surface area (Å²) in [6, 6.07) is 7.21. The minimum absolute atomic E-state index is 0.418. The lowest BCUT2D eigenvalue weighted by atomic mass is 10.1. The SMILES string of the molecule is Cc1nc(CN2CCc3nc(-c4ccc(C(N)=O)cc4)[nH]c3C2)cs1. The van der Waals surface area contributed by atoms with Crippen molar-refractivity contribution < 1.29 is 4.79 Å². The highest BCUT2D eigenvalue weighted by Crippen LogP contribution is 2.24. The number of fused-ring (bicyclic) bond motifs is 1. The molecule has 1 aliphatic heterocycles. The van der Waals surface area contributed by atoms with Gasteiger partial charge in [-0.2, -0.15) is 0 Å². The van der Waals surface area contributed by atoms with Gasteiger partial charge >= 0.3 is 0 Å². The maximum Gasteiger partial charge on any atom is 0.248 e. The molecule has 3 aromatic rings. The number of nitrogens with one attached hydrogen (secondary N) is 1. The van der Waals surface area contributed by atoms with Gasteiger partial charge in [0.15, 0.2) is 0 Å². The summed E-state index contributed by atoms with van der Waals surface area (Å²) in [5, 5.41) is 3.24. The monoisotopic (exact) mass is 353 g/mol. The van der Waals surface area contributed by atoms with E-state index < -0.39 is 5.91 Å². The van der Waals surface area contributed by atoms with Gasteiger partial charge in [0.25, 0.3) is 0 Å². The summed E-state index contributed by atoms with van der Waals surface area (Å²) < 4.78 is 0. The third kappa shape index (κ3) is 3.33. The Morgan fingerprint density at radius 2 is 2.12 bits per heavy atom. The number of hydrogen-bond donors (Lipinski definition) is 2. The van der Waals surface area contributed by atoms with Gasteiger partial charge in [0.2, 0.25) is 5.91 Å². The number of amides is 1. The number of hydrogen-bond acceptors (Lipinski definition) is 5. The Hall–Kier alpha value is -2.51. The fourth-order valence-electron chi connectivity index (χ4n) is 3.12. The normalized spacial score (nSPS) is 14.4. The van der Waals surface area contributed by atoms with Gasteiger partial charge in [-0.15, -0.1) is 11.3 Å². The van der Waals surface area contributed by atoms with Crippen molar-refractivity contribution in [3.63, 3.8) is 0 Å². The van der Waals surface area contributed by atoms with Crippen molar-refractivity contribution >= 4 is 17.2 Å². The van der Waals surface area contributed by atoms with E-state index in [2.05, 4.69) is 20.2 Å². The number of nitrogens with two attached hydrogens (primary N) is 1. The molecule has 0 bridgehead atoms. The minimum atomic E-state index is -0.418. The van der Waals surface area contributed by atoms with Crippen LogP contribution in [0.3, 0.4) is 0 Å². The van der Waals surface area contributed by atoms with Crippen molar-refractivity contribution in [1.82, 2.24) is 19.9 Å². The Balaban J connectivity index is 1.51. The number of aromatic amines is 1. The molecule has 0 radical (unpaired) electrons. The van der Waals surface area contributed by atoms with Gasteiger partial charge in [-0.1, -0.05) is 12.1 Å². The Morgan fingerprint density at radius 3 is 2.80 bits per heavy atom. The van der Waals surface area contributed by atoms with E-state index in [-0.39, 0.29) is 0 Å². The molecule has 25 heavy (non-hydrogen) atoms. The molecule has 0 spiro atoms. The number of carbonyl (C=O) groups is 1. The number of nitrogens with zero attached hydrogens (tertiary/aromatic N) is 3. The molecule has 1 aromatic carbocycles. The Labute approximate surface area is 149 Å². The first-order chi connectivity index (χ1) is 12.1. The molecule has 1 amide bonds. The number of aryl methyl sites for hydroxylation is 1. The molecule has 1 aliphatic rings. The number of carbonyl (C=O) groups excluding carboxylic acids is 1. The second-order valence-corrected chi connectivity index (χ2v) is 7.33. The molecule has 7 heteroatoms. The molecule has 2 aromatic heterocycles. The highest BCUT2D eigenvalue weighted by atomic mass is 32.1. The highest BCUT2D eigenvalue weighted by molar-refractivity contribution is 7.09. The van der Waals surface area contributed by atoms with E-state index in [0.29, 0.717) is 5.56 Å². The number of thiazole rings is 1. The van der Waals surface area contributed by atoms with Crippen molar-refractivity contribution in [2.75, 3.05) is 6.54 Å². The summed E-state index contributed by atoms with van der Waals surface area (Å²) in [7, 11) is 0. The van der Waals surface area contributed by atoms with Crippen molar-refractivity contribution in [2.45, 2.75) is 26.4 Å². The Bertz CT molecular complexity index is 912. The van der Waals surface area contributed by atoms with Crippen LogP contribution in [0.4, 0.5) is 0 Å². The molecule has 0 aliphatic carbocycles. The number of benzene rings is 1. The summed E-state index contributed by atoms with van der Waals surface area (Å²) in [5.41, 5.74) is 10.2. The molecule has 6 nitrogen and oxygen atoms in total. The van der Waals surface area contributed by atoms with Gasteiger partial charge in [0.1, 0.15) is 5.82 Å². The van der Waals surface area contributed by atoms with Crippen LogP contribution in [-0.2, 0) is 19.5 Å². The number of aromatic nitrogens is 3. The molecule has 0 saturated carbocycles. The fourth-order valence-corrected chi connectivity index (χ4v) is 3.73. The minimum Gasteiger partial charge on any atom is -0.366 e. The predicted octanol–water partition coefficient (Wildman–Crippen LogP) is 2.50. The third-order valence-corrected chi connectivity index (χ3v) is 5.23. The van der Waals surface area contributed by atoms with Gasteiger partial charge in [0.05, 0.1) is 22.1 Å². The van der Waals surface area contributed by atoms with Crippen LogP contribution in [0.25, 0.3) is 11.4 Å². The lowest BCUT2D eigenvalue weighted by Crippen LogP contribution is -2.30. The lowest BCUT2D eigenvalue weighted by molar-refractivity contribution is 0.100. The number of rotatable bonds is 4. The first-order valence-corrected chi connectivity index (χ1v) is 9.08. The smallest absolute Gasteiger partial charge is 0.248 e. The maximum atomic E-state index is 11.2. The number of H-pyrrole nitrogens is 1. The van der Waals surface area contributed by atoms with Crippen LogP contribution in [0.15, 0.2) is 29.6 Å². The van der Waals surface area contributed by atoms with Crippen LogP contribution >= 0.6 is 11.3 Å². The molecule has 0 saturated heterocycles. The Kier molecular flexibility index (Phi) is 4.10. The van der Waals surface area contributed by atoms with Gasteiger partial charge in [-0.25, -0.2) is 9.97 Å². The fraction of sp³-hybridized carbons (Fsp3) is 0.278. The van der Waals surface area contributed by atoms with E-state index >= 15 is 0 Å². The number of primary amides is 1. The van der Waals surface area contributed by atoms with Crippen LogP contribution in [0.2, 0.25) is 0 Å². The largest absolute Gasteiger partial charge is 0.366 e. The summed E-state index contributed by atoms with van der Waals surface area (Å²) in [4.78, 5) is 26.3. The topological polar surface area (TPSA) is 87.9 Å². The summed E-state index contributed by atoms with van der Waals surface area (Å²) in [5.74, 6) is 0.422. The van der Waals surface area contributed by atoms with Gasteiger partial charge < -0.3 is 10.7 Å². The third-order valence-electron chi connectivity index (χ3n) is 4.41. The molecular weight excluding hydrogens is 334 g/mol. The van der Waals surface area contributed by atoms with Gasteiger partial charge in [-0.05, 0) is 19.1 Å². The van der Waals surface area contributed by atoms with E-state index in [1.54, 1.807) is 23.5 Å². The highest BCUT2D eigenvalue weighted by Gasteiger charge is 2.21. The summed E-state index contributed by atoms with van der Waals surface area (Å²) in [6.07, 6.45) is 0.925. The van der Waals surface area contributed by atoms with Crippen LogP contribution in [0, 0.1) is 6.92 Å². The van der Waals surface area contributed by atoms with Crippen molar-refractivity contribution in [3.8, 4) is 11.4 Å². The van der Waals surface area contributed by atoms with Crippen LogP contribution in [-0.4, -0.2) is 32.3 Å². The maximum absolute atomic E-state index is 11.2. The quantitative estimate of drug-likeness (QED) is 0.754. The van der Waals surface area contributed by atoms with Gasteiger partial charge in [-0.3, -0.25) is 9.69 Å². The standard InChI is InChI=1S/C18H19N5OS/c1-11-20-14(10-25-11)8-23-7-6-15-16(9-23)22-18(21-15)13-4-2-12(3-5-13)17(19)24/h2-5,10H,6-9H2,1H3,(H2,19,24)(H,21,22). The second kappa shape index (κ2) is 6.42. The first-order valence-electron chi connectivity index (χ1n) is 8.20. The van der Waals surface area contributed by atoms with Crippen molar-refractivity contribution in [3.05, 3.63) is 57.3 Å². The second-order valence-electron chi connectivity index (χ2n) is 6.27. The zero-order valence-electron chi connectivity index (χ0n) is 14.0. The number of imidazole rings is 1. The molecular formula is C18H19N5OS. The lowest BCUT2D eigenvalue weighted by Gasteiger charge is -2.25. The first kappa shape index (κ1) is 16.0. The van der Waals surface area contributed by atoms with Crippen LogP contribution < -0.4 is 5.73 Å². The van der Waals surface area contributed by atoms with E-state index in [1.807, 2.05) is 19.1 Å². The molecule has 3 heterocycles. The molecule has 3 N–H and O–H groups in total. The van der Waals surface area contributed by atoms with E-state index in [1.165, 1.54) is 0 Å². The zero-order valence-corrected chi connectivity index (χ0v) is 14.8. The van der Waals surface area contributed by atoms with Gasteiger partial charge in [0, 0.05) is 42.6 Å². The average molecular weight is 353 g/mol. The molecule has 0 fully saturated rings. The van der Waals surface area contributed by atoms with Crippen molar-refractivity contribution in [1.29, 1.82) is 0 Å². The molecule has 0 atom stereocenters. The van der Waals surface area contributed by atoms with Crippen LogP contribution in [0.5, 0.6) is 0 Å². The molecule has 4 rings (SSSR count). The average Bonchev–Trinajstić information content (AvgIpc) is 3.20. The summed E-state index contributed by atoms with van der Waals surface area (Å²) in [6.45, 7) is 4.73. The van der Waals surface area contributed by atoms with Crippen LogP contribution in [0.1, 0.15) is 32.4 Å².